The Kier molecular flexibility index (Phi) is 8.88. The van der Waals surface area contributed by atoms with E-state index in [1.165, 1.54) is 69.9 Å². The van der Waals surface area contributed by atoms with Crippen molar-refractivity contribution in [3.05, 3.63) is 34.8 Å². The van der Waals surface area contributed by atoms with Crippen LogP contribution in [0.15, 0.2) is 33.5 Å². The lowest BCUT2D eigenvalue weighted by Gasteiger charge is -2.61. The number of hydrogen-bond acceptors (Lipinski definition) is 5. The van der Waals surface area contributed by atoms with Crippen LogP contribution in [0.4, 0.5) is 13.2 Å². The molecule has 0 spiro atoms. The monoisotopic (exact) mass is 632 g/mol. The van der Waals surface area contributed by atoms with Gasteiger partial charge in [-0.25, -0.2) is 4.79 Å². The van der Waals surface area contributed by atoms with Crippen molar-refractivity contribution in [2.45, 2.75) is 124 Å². The van der Waals surface area contributed by atoms with Crippen LogP contribution in [0.2, 0.25) is 0 Å². The van der Waals surface area contributed by atoms with E-state index in [4.69, 9.17) is 9.15 Å². The van der Waals surface area contributed by atoms with Crippen molar-refractivity contribution >= 4 is 0 Å². The summed E-state index contributed by atoms with van der Waals surface area (Å²) in [6, 6.07) is 4.93. The number of fused-ring (bicyclic) bond motifs is 5. The lowest BCUT2D eigenvalue weighted by Crippen LogP contribution is -2.54. The highest BCUT2D eigenvalue weighted by molar-refractivity contribution is 5.36. The number of halogens is 3. The van der Waals surface area contributed by atoms with Crippen LogP contribution in [0.3, 0.4) is 0 Å². The zero-order chi connectivity index (χ0) is 32.1. The standard InChI is InChI=1S/C36H51F3N2O4/c1-22(2)7-6-8-23(3)29-15-16-30-28-14-9-24-21-27(17-19-34(24,4)31(28)18-20-35(29,30)5)43-32-40-41(33(42)44-32)25-10-12-26(13-11-25)45-36(37,38)39/h10-13,22-24,27-31H,6-9,14-21H2,1-5H3/t23-,24?,27+,28+,29-,30+,31+,34+,35-/m1/s1. The zero-order valence-corrected chi connectivity index (χ0v) is 27.6. The van der Waals surface area contributed by atoms with E-state index >= 15 is 0 Å². The summed E-state index contributed by atoms with van der Waals surface area (Å²) in [5.74, 6) is 4.39. The van der Waals surface area contributed by atoms with Crippen LogP contribution in [-0.4, -0.2) is 22.2 Å². The Labute approximate surface area is 265 Å². The maximum absolute atomic E-state index is 12.5. The highest BCUT2D eigenvalue weighted by Crippen LogP contribution is 2.68. The van der Waals surface area contributed by atoms with E-state index in [1.54, 1.807) is 0 Å². The van der Waals surface area contributed by atoms with Gasteiger partial charge >= 0.3 is 18.2 Å². The third kappa shape index (κ3) is 6.43. The smallest absolute Gasteiger partial charge is 0.446 e. The van der Waals surface area contributed by atoms with Crippen LogP contribution in [0.5, 0.6) is 11.8 Å². The van der Waals surface area contributed by atoms with Crippen molar-refractivity contribution in [1.29, 1.82) is 0 Å². The predicted octanol–water partition coefficient (Wildman–Crippen LogP) is 9.59. The summed E-state index contributed by atoms with van der Waals surface area (Å²) >= 11 is 0. The molecule has 0 N–H and O–H groups in total. The molecule has 1 unspecified atom stereocenters. The first-order valence-electron chi connectivity index (χ1n) is 17.4. The average Bonchev–Trinajstić information content (AvgIpc) is 3.51. The molecule has 9 atom stereocenters. The highest BCUT2D eigenvalue weighted by atomic mass is 19.4. The second kappa shape index (κ2) is 12.3. The molecule has 4 aliphatic carbocycles. The van der Waals surface area contributed by atoms with E-state index < -0.39 is 12.1 Å². The molecule has 4 saturated carbocycles. The quantitative estimate of drug-likeness (QED) is 0.275. The van der Waals surface area contributed by atoms with Gasteiger partial charge < -0.3 is 13.9 Å². The van der Waals surface area contributed by atoms with Crippen molar-refractivity contribution in [2.75, 3.05) is 0 Å². The third-order valence-corrected chi connectivity index (χ3v) is 12.9. The first kappa shape index (κ1) is 32.5. The van der Waals surface area contributed by atoms with Crippen LogP contribution in [0, 0.1) is 52.3 Å². The fraction of sp³-hybridized carbons (Fsp3) is 0.778. The fourth-order valence-electron chi connectivity index (χ4n) is 10.8. The summed E-state index contributed by atoms with van der Waals surface area (Å²) in [6.07, 6.45) is 10.1. The Hall–Kier alpha value is -2.45. The van der Waals surface area contributed by atoms with Crippen LogP contribution < -0.4 is 15.2 Å². The molecule has 6 rings (SSSR count). The van der Waals surface area contributed by atoms with Crippen LogP contribution in [-0.2, 0) is 0 Å². The normalized spacial score (nSPS) is 35.4. The zero-order valence-electron chi connectivity index (χ0n) is 27.6. The van der Waals surface area contributed by atoms with Gasteiger partial charge in [0.25, 0.3) is 0 Å². The topological polar surface area (TPSA) is 66.5 Å². The van der Waals surface area contributed by atoms with Gasteiger partial charge in [0, 0.05) is 0 Å². The second-order valence-electron chi connectivity index (χ2n) is 15.8. The first-order chi connectivity index (χ1) is 21.3. The number of aromatic nitrogens is 2. The van der Waals surface area contributed by atoms with Gasteiger partial charge in [0.05, 0.1) is 5.69 Å². The lowest BCUT2D eigenvalue weighted by atomic mass is 9.44. The van der Waals surface area contributed by atoms with Gasteiger partial charge in [0.1, 0.15) is 11.9 Å². The van der Waals surface area contributed by atoms with Crippen molar-refractivity contribution in [2.24, 2.45) is 52.3 Å². The summed E-state index contributed by atoms with van der Waals surface area (Å²) in [7, 11) is 0. The largest absolute Gasteiger partial charge is 0.573 e. The molecule has 4 aliphatic rings. The van der Waals surface area contributed by atoms with Crippen molar-refractivity contribution in [3.8, 4) is 17.5 Å². The van der Waals surface area contributed by atoms with E-state index in [0.29, 0.717) is 16.7 Å². The van der Waals surface area contributed by atoms with Crippen molar-refractivity contribution < 1.29 is 27.1 Å². The van der Waals surface area contributed by atoms with Gasteiger partial charge in [-0.2, -0.15) is 4.68 Å². The first-order valence-corrected chi connectivity index (χ1v) is 17.4. The van der Waals surface area contributed by atoms with E-state index in [9.17, 15) is 18.0 Å². The van der Waals surface area contributed by atoms with Crippen LogP contribution in [0.1, 0.15) is 112 Å². The average molecular weight is 633 g/mol. The molecule has 9 heteroatoms. The van der Waals surface area contributed by atoms with Gasteiger partial charge in [-0.05, 0) is 134 Å². The number of ether oxygens (including phenoxy) is 2. The number of benzene rings is 1. The molecular weight excluding hydrogens is 581 g/mol. The summed E-state index contributed by atoms with van der Waals surface area (Å²) in [6.45, 7) is 12.4. The molecule has 2 aromatic rings. The Morgan fingerprint density at radius 1 is 0.956 bits per heavy atom. The molecule has 0 amide bonds. The van der Waals surface area contributed by atoms with Gasteiger partial charge in [-0.1, -0.05) is 59.0 Å². The minimum Gasteiger partial charge on any atom is -0.446 e. The molecular formula is C36H51F3N2O4. The molecule has 4 fully saturated rings. The van der Waals surface area contributed by atoms with Crippen molar-refractivity contribution in [1.82, 2.24) is 9.78 Å². The molecule has 0 saturated heterocycles. The number of rotatable bonds is 9. The summed E-state index contributed by atoms with van der Waals surface area (Å²) in [5, 5.41) is 4.21. The van der Waals surface area contributed by atoms with Gasteiger partial charge in [0.2, 0.25) is 0 Å². The minimum atomic E-state index is -4.79. The molecule has 250 valence electrons. The molecule has 0 radical (unpaired) electrons. The fourth-order valence-corrected chi connectivity index (χ4v) is 10.8. The maximum atomic E-state index is 12.5. The molecule has 45 heavy (non-hydrogen) atoms. The molecule has 1 heterocycles. The van der Waals surface area contributed by atoms with Crippen molar-refractivity contribution in [3.63, 3.8) is 0 Å². The van der Waals surface area contributed by atoms with E-state index in [-0.39, 0.29) is 23.6 Å². The summed E-state index contributed by atoms with van der Waals surface area (Å²) in [5.41, 5.74) is 1.07. The van der Waals surface area contributed by atoms with Crippen LogP contribution >= 0.6 is 0 Å². The molecule has 6 nitrogen and oxygen atoms in total. The molecule has 1 aromatic carbocycles. The molecule has 0 bridgehead atoms. The molecule has 0 aliphatic heterocycles. The van der Waals surface area contributed by atoms with Crippen LogP contribution in [0.25, 0.3) is 5.69 Å². The van der Waals surface area contributed by atoms with Gasteiger partial charge in [-0.15, -0.1) is 13.2 Å². The predicted molar refractivity (Wildman–Crippen MR) is 166 cm³/mol. The van der Waals surface area contributed by atoms with E-state index in [2.05, 4.69) is 44.5 Å². The summed E-state index contributed by atoms with van der Waals surface area (Å²) < 4.78 is 53.9. The third-order valence-electron chi connectivity index (χ3n) is 12.9. The Balaban J connectivity index is 1.08. The van der Waals surface area contributed by atoms with Gasteiger partial charge in [-0.3, -0.25) is 0 Å². The van der Waals surface area contributed by atoms with E-state index in [0.717, 1.165) is 71.6 Å². The number of alkyl halides is 3. The number of nitrogens with zero attached hydrogens (tertiary/aromatic N) is 2. The lowest BCUT2D eigenvalue weighted by molar-refractivity contribution is -0.274. The minimum absolute atomic E-state index is 0.0786. The van der Waals surface area contributed by atoms with E-state index in [1.807, 2.05) is 0 Å². The highest BCUT2D eigenvalue weighted by Gasteiger charge is 2.60. The molecule has 1 aromatic heterocycles. The SMILES string of the molecule is CC(C)CCC[C@@H](C)[C@H]1CC[C@H]2[C@@H]3CCC4C[C@@H](Oc5nn(-c6ccc(OC(F)(F)F)cc6)c(=O)o5)CC[C@]4(C)[C@H]3CC[C@]12C. The number of hydrogen-bond donors (Lipinski definition) is 0. The second-order valence-corrected chi connectivity index (χ2v) is 15.8. The summed E-state index contributed by atoms with van der Waals surface area (Å²) in [4.78, 5) is 12.5. The Morgan fingerprint density at radius 3 is 2.38 bits per heavy atom. The Morgan fingerprint density at radius 2 is 1.67 bits per heavy atom. The maximum Gasteiger partial charge on any atom is 0.573 e. The van der Waals surface area contributed by atoms with Gasteiger partial charge in [0.15, 0.2) is 0 Å². The Bertz CT molecular complexity index is 1370.